The van der Waals surface area contributed by atoms with E-state index < -0.39 is 5.91 Å². The molecule has 0 spiro atoms. The predicted octanol–water partition coefficient (Wildman–Crippen LogP) is 0.862. The average Bonchev–Trinajstić information content (AvgIpc) is 2.80. The van der Waals surface area contributed by atoms with Crippen molar-refractivity contribution in [2.45, 2.75) is 6.54 Å². The van der Waals surface area contributed by atoms with Crippen LogP contribution in [-0.4, -0.2) is 59.0 Å². The van der Waals surface area contributed by atoms with E-state index in [-0.39, 0.29) is 24.6 Å². The molecular formula is C22H23N5O3. The zero-order chi connectivity index (χ0) is 20.9. The van der Waals surface area contributed by atoms with Crippen molar-refractivity contribution in [3.8, 4) is 0 Å². The number of amides is 2. The Kier molecular flexibility index (Phi) is 5.74. The van der Waals surface area contributed by atoms with E-state index in [2.05, 4.69) is 27.3 Å². The van der Waals surface area contributed by atoms with Crippen molar-refractivity contribution in [1.82, 2.24) is 19.8 Å². The maximum Gasteiger partial charge on any atom is 0.261 e. The van der Waals surface area contributed by atoms with Gasteiger partial charge in [-0.3, -0.25) is 19.0 Å². The van der Waals surface area contributed by atoms with Crippen molar-refractivity contribution in [3.63, 3.8) is 0 Å². The summed E-state index contributed by atoms with van der Waals surface area (Å²) in [5, 5.41) is 3.07. The van der Waals surface area contributed by atoms with Gasteiger partial charge < -0.3 is 15.1 Å². The number of fused-ring (bicyclic) bond motifs is 1. The molecule has 8 nitrogen and oxygen atoms in total. The molecule has 1 saturated heterocycles. The molecule has 0 saturated carbocycles. The van der Waals surface area contributed by atoms with Crippen molar-refractivity contribution >= 4 is 28.4 Å². The molecule has 30 heavy (non-hydrogen) atoms. The molecule has 8 heteroatoms. The topological polar surface area (TPSA) is 87.5 Å². The number of nitrogens with one attached hydrogen (secondary N) is 1. The van der Waals surface area contributed by atoms with Crippen molar-refractivity contribution < 1.29 is 9.59 Å². The van der Waals surface area contributed by atoms with Crippen LogP contribution in [0.25, 0.3) is 10.9 Å². The van der Waals surface area contributed by atoms with Crippen LogP contribution in [0.15, 0.2) is 65.7 Å². The molecule has 1 fully saturated rings. The van der Waals surface area contributed by atoms with Gasteiger partial charge in [-0.25, -0.2) is 4.98 Å². The Morgan fingerprint density at radius 2 is 1.63 bits per heavy atom. The standard InChI is InChI=1S/C22H23N5O3/c28-20(15-27-16-24-19-9-5-4-8-18(19)22(27)30)23-14-21(29)26-12-10-25(11-13-26)17-6-2-1-3-7-17/h1-9,16H,10-15H2,(H,23,28). The van der Waals surface area contributed by atoms with Gasteiger partial charge in [-0.15, -0.1) is 0 Å². The lowest BCUT2D eigenvalue weighted by Crippen LogP contribution is -2.51. The Labute approximate surface area is 173 Å². The molecule has 1 aliphatic rings. The molecule has 0 radical (unpaired) electrons. The van der Waals surface area contributed by atoms with Crippen molar-refractivity contribution in [2.24, 2.45) is 0 Å². The van der Waals surface area contributed by atoms with E-state index >= 15 is 0 Å². The number of carbonyl (C=O) groups excluding carboxylic acids is 2. The van der Waals surface area contributed by atoms with E-state index in [9.17, 15) is 14.4 Å². The zero-order valence-electron chi connectivity index (χ0n) is 16.5. The SMILES string of the molecule is O=C(Cn1cnc2ccccc2c1=O)NCC(=O)N1CCN(c2ccccc2)CC1. The number of para-hydroxylation sites is 2. The Morgan fingerprint density at radius 3 is 2.40 bits per heavy atom. The van der Waals surface area contributed by atoms with Crippen molar-refractivity contribution in [1.29, 1.82) is 0 Å². The Bertz CT molecular complexity index is 1100. The molecule has 0 unspecified atom stereocenters. The van der Waals surface area contributed by atoms with Gasteiger partial charge in [0.1, 0.15) is 6.54 Å². The maximum atomic E-state index is 12.5. The summed E-state index contributed by atoms with van der Waals surface area (Å²) in [6.45, 7) is 2.46. The summed E-state index contributed by atoms with van der Waals surface area (Å²) in [4.78, 5) is 45.3. The number of carbonyl (C=O) groups is 2. The average molecular weight is 405 g/mol. The van der Waals surface area contributed by atoms with E-state index in [1.807, 2.05) is 18.2 Å². The van der Waals surface area contributed by atoms with E-state index in [4.69, 9.17) is 0 Å². The van der Waals surface area contributed by atoms with Gasteiger partial charge in [0.15, 0.2) is 0 Å². The Balaban J connectivity index is 1.28. The number of nitrogens with zero attached hydrogens (tertiary/aromatic N) is 4. The molecule has 1 aromatic heterocycles. The molecular weight excluding hydrogens is 382 g/mol. The quantitative estimate of drug-likeness (QED) is 0.680. The van der Waals surface area contributed by atoms with Crippen LogP contribution < -0.4 is 15.8 Å². The zero-order valence-corrected chi connectivity index (χ0v) is 16.5. The van der Waals surface area contributed by atoms with E-state index in [1.165, 1.54) is 10.9 Å². The summed E-state index contributed by atoms with van der Waals surface area (Å²) in [5.74, 6) is -0.523. The first-order valence-corrected chi connectivity index (χ1v) is 9.90. The normalized spacial score (nSPS) is 14.0. The number of hydrogen-bond acceptors (Lipinski definition) is 5. The van der Waals surface area contributed by atoms with Crippen molar-refractivity contribution in [2.75, 3.05) is 37.6 Å². The van der Waals surface area contributed by atoms with Crippen LogP contribution in [0.2, 0.25) is 0 Å². The molecule has 3 aromatic rings. The first-order chi connectivity index (χ1) is 14.6. The van der Waals surface area contributed by atoms with E-state index in [0.29, 0.717) is 24.0 Å². The van der Waals surface area contributed by atoms with Crippen LogP contribution in [0.3, 0.4) is 0 Å². The smallest absolute Gasteiger partial charge is 0.261 e. The van der Waals surface area contributed by atoms with Crippen LogP contribution in [-0.2, 0) is 16.1 Å². The Morgan fingerprint density at radius 1 is 0.933 bits per heavy atom. The molecule has 0 atom stereocenters. The third-order valence-electron chi connectivity index (χ3n) is 5.24. The monoisotopic (exact) mass is 405 g/mol. The molecule has 1 N–H and O–H groups in total. The summed E-state index contributed by atoms with van der Waals surface area (Å²) in [7, 11) is 0. The summed E-state index contributed by atoms with van der Waals surface area (Å²) in [6.07, 6.45) is 1.36. The molecule has 2 amide bonds. The van der Waals surface area contributed by atoms with Crippen LogP contribution in [0, 0.1) is 0 Å². The second-order valence-electron chi connectivity index (χ2n) is 7.17. The van der Waals surface area contributed by atoms with Gasteiger partial charge in [0.2, 0.25) is 11.8 Å². The van der Waals surface area contributed by atoms with E-state index in [0.717, 1.165) is 18.8 Å². The molecule has 1 aliphatic heterocycles. The second-order valence-corrected chi connectivity index (χ2v) is 7.17. The van der Waals surface area contributed by atoms with E-state index in [1.54, 1.807) is 29.2 Å². The molecule has 0 bridgehead atoms. The third-order valence-corrected chi connectivity index (χ3v) is 5.24. The van der Waals surface area contributed by atoms with Gasteiger partial charge in [-0.1, -0.05) is 30.3 Å². The van der Waals surface area contributed by atoms with Crippen LogP contribution in [0.5, 0.6) is 0 Å². The van der Waals surface area contributed by atoms with Crippen LogP contribution >= 0.6 is 0 Å². The molecule has 2 aromatic carbocycles. The van der Waals surface area contributed by atoms with Gasteiger partial charge in [0.05, 0.1) is 23.8 Å². The minimum atomic E-state index is -0.398. The fourth-order valence-electron chi connectivity index (χ4n) is 3.57. The fraction of sp³-hybridized carbons (Fsp3) is 0.273. The number of rotatable bonds is 5. The van der Waals surface area contributed by atoms with Gasteiger partial charge in [0, 0.05) is 31.9 Å². The van der Waals surface area contributed by atoms with Crippen LogP contribution in [0.4, 0.5) is 5.69 Å². The summed E-state index contributed by atoms with van der Waals surface area (Å²) in [5.41, 5.74) is 1.45. The fourth-order valence-corrected chi connectivity index (χ4v) is 3.57. The molecule has 4 rings (SSSR count). The first-order valence-electron chi connectivity index (χ1n) is 9.90. The minimum absolute atomic E-state index is 0.0834. The van der Waals surface area contributed by atoms with Crippen molar-refractivity contribution in [3.05, 3.63) is 71.3 Å². The largest absolute Gasteiger partial charge is 0.368 e. The summed E-state index contributed by atoms with van der Waals surface area (Å²) < 4.78 is 1.25. The maximum absolute atomic E-state index is 12.5. The second kappa shape index (κ2) is 8.77. The number of piperazine rings is 1. The highest BCUT2D eigenvalue weighted by Crippen LogP contribution is 2.15. The van der Waals surface area contributed by atoms with Gasteiger partial charge in [-0.2, -0.15) is 0 Å². The van der Waals surface area contributed by atoms with Gasteiger partial charge >= 0.3 is 0 Å². The Hall–Kier alpha value is -3.68. The number of anilines is 1. The molecule has 2 heterocycles. The predicted molar refractivity (Wildman–Crippen MR) is 114 cm³/mol. The molecule has 154 valence electrons. The third kappa shape index (κ3) is 4.32. The minimum Gasteiger partial charge on any atom is -0.368 e. The van der Waals surface area contributed by atoms with Crippen LogP contribution in [0.1, 0.15) is 0 Å². The number of aromatic nitrogens is 2. The van der Waals surface area contributed by atoms with Gasteiger partial charge in [0.25, 0.3) is 5.56 Å². The summed E-state index contributed by atoms with van der Waals surface area (Å²) >= 11 is 0. The highest BCUT2D eigenvalue weighted by Gasteiger charge is 2.21. The molecule has 0 aliphatic carbocycles. The first kappa shape index (κ1) is 19.6. The lowest BCUT2D eigenvalue weighted by Gasteiger charge is -2.36. The lowest BCUT2D eigenvalue weighted by molar-refractivity contribution is -0.133. The summed E-state index contributed by atoms with van der Waals surface area (Å²) in [6, 6.07) is 17.1. The highest BCUT2D eigenvalue weighted by atomic mass is 16.2. The lowest BCUT2D eigenvalue weighted by atomic mass is 10.2. The number of hydrogen-bond donors (Lipinski definition) is 1. The number of benzene rings is 2. The highest BCUT2D eigenvalue weighted by molar-refractivity contribution is 5.85. The van der Waals surface area contributed by atoms with Gasteiger partial charge in [-0.05, 0) is 24.3 Å².